The summed E-state index contributed by atoms with van der Waals surface area (Å²) < 4.78 is 11.4. The first-order chi connectivity index (χ1) is 15.2. The highest BCUT2D eigenvalue weighted by Crippen LogP contribution is 2.32. The SMILES string of the molecule is Cc1oc2ncnc(N3CCOCC3)c2c1C(=O)N1CCN(Cc2ccccc2)CC1. The molecule has 2 aliphatic rings. The molecule has 4 heterocycles. The van der Waals surface area contributed by atoms with Gasteiger partial charge in [0.2, 0.25) is 5.71 Å². The zero-order valence-electron chi connectivity index (χ0n) is 17.8. The Morgan fingerprint density at radius 3 is 2.48 bits per heavy atom. The van der Waals surface area contributed by atoms with Crippen LogP contribution in [-0.4, -0.2) is 78.2 Å². The third-order valence-electron chi connectivity index (χ3n) is 6.08. The molecule has 2 fully saturated rings. The van der Waals surface area contributed by atoms with Crippen molar-refractivity contribution in [1.82, 2.24) is 19.8 Å². The van der Waals surface area contributed by atoms with Gasteiger partial charge in [-0.3, -0.25) is 9.69 Å². The molecule has 0 N–H and O–H groups in total. The van der Waals surface area contributed by atoms with E-state index in [1.165, 1.54) is 11.9 Å². The highest BCUT2D eigenvalue weighted by Gasteiger charge is 2.30. The van der Waals surface area contributed by atoms with E-state index in [4.69, 9.17) is 9.15 Å². The Hall–Kier alpha value is -2.97. The molecule has 0 saturated carbocycles. The zero-order valence-corrected chi connectivity index (χ0v) is 17.8. The molecule has 0 unspecified atom stereocenters. The highest BCUT2D eigenvalue weighted by atomic mass is 16.5. The highest BCUT2D eigenvalue weighted by molar-refractivity contribution is 6.10. The van der Waals surface area contributed by atoms with Gasteiger partial charge in [-0.05, 0) is 12.5 Å². The molecule has 2 aliphatic heterocycles. The predicted molar refractivity (Wildman–Crippen MR) is 117 cm³/mol. The Bertz CT molecular complexity index is 1050. The molecule has 0 atom stereocenters. The number of furan rings is 1. The molecule has 31 heavy (non-hydrogen) atoms. The summed E-state index contributed by atoms with van der Waals surface area (Å²) >= 11 is 0. The number of amides is 1. The molecule has 5 rings (SSSR count). The lowest BCUT2D eigenvalue weighted by Gasteiger charge is -2.35. The van der Waals surface area contributed by atoms with E-state index in [-0.39, 0.29) is 5.91 Å². The molecule has 1 aromatic carbocycles. The normalized spacial score (nSPS) is 18.0. The van der Waals surface area contributed by atoms with Gasteiger partial charge in [0.15, 0.2) is 0 Å². The second kappa shape index (κ2) is 8.64. The maximum atomic E-state index is 13.5. The number of morpholine rings is 1. The van der Waals surface area contributed by atoms with Crippen molar-refractivity contribution in [2.75, 3.05) is 57.4 Å². The van der Waals surface area contributed by atoms with E-state index in [0.29, 0.717) is 43.3 Å². The van der Waals surface area contributed by atoms with Gasteiger partial charge in [0.1, 0.15) is 17.9 Å². The van der Waals surface area contributed by atoms with Crippen LogP contribution < -0.4 is 4.90 Å². The molecular formula is C23H27N5O3. The fourth-order valence-corrected chi connectivity index (χ4v) is 4.41. The van der Waals surface area contributed by atoms with Crippen molar-refractivity contribution in [3.63, 3.8) is 0 Å². The first-order valence-electron chi connectivity index (χ1n) is 10.8. The molecule has 8 heteroatoms. The number of aromatic nitrogens is 2. The van der Waals surface area contributed by atoms with E-state index in [9.17, 15) is 4.79 Å². The van der Waals surface area contributed by atoms with Crippen molar-refractivity contribution >= 4 is 22.8 Å². The third kappa shape index (κ3) is 4.00. The fraction of sp³-hybridized carbons (Fsp3) is 0.435. The number of piperazine rings is 1. The molecule has 0 radical (unpaired) electrons. The summed E-state index contributed by atoms with van der Waals surface area (Å²) in [4.78, 5) is 28.8. The second-order valence-electron chi connectivity index (χ2n) is 8.06. The fourth-order valence-electron chi connectivity index (χ4n) is 4.41. The maximum absolute atomic E-state index is 13.5. The number of rotatable bonds is 4. The van der Waals surface area contributed by atoms with Crippen molar-refractivity contribution in [2.45, 2.75) is 13.5 Å². The van der Waals surface area contributed by atoms with Crippen LogP contribution in [0.25, 0.3) is 11.1 Å². The summed E-state index contributed by atoms with van der Waals surface area (Å²) in [6.45, 7) is 8.60. The number of benzene rings is 1. The van der Waals surface area contributed by atoms with Crippen LogP contribution in [0.3, 0.4) is 0 Å². The Morgan fingerprint density at radius 1 is 1.00 bits per heavy atom. The minimum atomic E-state index is -0.0000736. The zero-order chi connectivity index (χ0) is 21.2. The van der Waals surface area contributed by atoms with Crippen LogP contribution in [0.2, 0.25) is 0 Å². The van der Waals surface area contributed by atoms with Crippen LogP contribution in [-0.2, 0) is 11.3 Å². The lowest BCUT2D eigenvalue weighted by molar-refractivity contribution is 0.0628. The number of hydrogen-bond donors (Lipinski definition) is 0. The maximum Gasteiger partial charge on any atom is 0.258 e. The predicted octanol–water partition coefficient (Wildman–Crippen LogP) is 2.33. The van der Waals surface area contributed by atoms with Gasteiger partial charge in [0.05, 0.1) is 24.2 Å². The minimum Gasteiger partial charge on any atom is -0.442 e. The van der Waals surface area contributed by atoms with Gasteiger partial charge < -0.3 is 19.0 Å². The molecule has 8 nitrogen and oxygen atoms in total. The van der Waals surface area contributed by atoms with E-state index < -0.39 is 0 Å². The average Bonchev–Trinajstić information content (AvgIpc) is 3.16. The molecule has 3 aromatic rings. The topological polar surface area (TPSA) is 74.9 Å². The molecule has 0 bridgehead atoms. The van der Waals surface area contributed by atoms with E-state index >= 15 is 0 Å². The van der Waals surface area contributed by atoms with Gasteiger partial charge >= 0.3 is 0 Å². The Labute approximate surface area is 181 Å². The number of fused-ring (bicyclic) bond motifs is 1. The smallest absolute Gasteiger partial charge is 0.258 e. The Balaban J connectivity index is 1.36. The number of hydrogen-bond acceptors (Lipinski definition) is 7. The largest absolute Gasteiger partial charge is 0.442 e. The number of ether oxygens (including phenoxy) is 1. The van der Waals surface area contributed by atoms with Crippen molar-refractivity contribution in [3.8, 4) is 0 Å². The molecule has 2 aromatic heterocycles. The van der Waals surface area contributed by atoms with E-state index in [1.54, 1.807) is 0 Å². The van der Waals surface area contributed by atoms with Crippen LogP contribution in [0.1, 0.15) is 21.7 Å². The summed E-state index contributed by atoms with van der Waals surface area (Å²) in [7, 11) is 0. The summed E-state index contributed by atoms with van der Waals surface area (Å²) in [6, 6.07) is 10.5. The van der Waals surface area contributed by atoms with Crippen LogP contribution in [0.4, 0.5) is 5.82 Å². The number of nitrogens with zero attached hydrogens (tertiary/aromatic N) is 5. The quantitative estimate of drug-likeness (QED) is 0.640. The summed E-state index contributed by atoms with van der Waals surface area (Å²) in [5.74, 6) is 1.36. The van der Waals surface area contributed by atoms with Gasteiger partial charge in [-0.25, -0.2) is 9.97 Å². The molecular weight excluding hydrogens is 394 g/mol. The van der Waals surface area contributed by atoms with Gasteiger partial charge in [-0.15, -0.1) is 0 Å². The van der Waals surface area contributed by atoms with Gasteiger partial charge in [-0.1, -0.05) is 30.3 Å². The van der Waals surface area contributed by atoms with Crippen molar-refractivity contribution in [2.24, 2.45) is 0 Å². The van der Waals surface area contributed by atoms with Crippen LogP contribution in [0, 0.1) is 6.92 Å². The van der Waals surface area contributed by atoms with Gasteiger partial charge in [-0.2, -0.15) is 0 Å². The number of aryl methyl sites for hydroxylation is 1. The monoisotopic (exact) mass is 421 g/mol. The molecule has 0 aliphatic carbocycles. The van der Waals surface area contributed by atoms with Gasteiger partial charge in [0, 0.05) is 45.8 Å². The van der Waals surface area contributed by atoms with Crippen LogP contribution in [0.15, 0.2) is 41.1 Å². The third-order valence-corrected chi connectivity index (χ3v) is 6.08. The van der Waals surface area contributed by atoms with Crippen molar-refractivity contribution in [1.29, 1.82) is 0 Å². The van der Waals surface area contributed by atoms with E-state index in [2.05, 4.69) is 44.0 Å². The van der Waals surface area contributed by atoms with Gasteiger partial charge in [0.25, 0.3) is 5.91 Å². The molecule has 1 amide bonds. The number of carbonyl (C=O) groups is 1. The van der Waals surface area contributed by atoms with E-state index in [0.717, 1.165) is 43.9 Å². The average molecular weight is 422 g/mol. The van der Waals surface area contributed by atoms with Crippen molar-refractivity contribution in [3.05, 3.63) is 53.5 Å². The lowest BCUT2D eigenvalue weighted by Crippen LogP contribution is -2.48. The van der Waals surface area contributed by atoms with Crippen molar-refractivity contribution < 1.29 is 13.9 Å². The summed E-state index contributed by atoms with van der Waals surface area (Å²) in [6.07, 6.45) is 1.51. The Kier molecular flexibility index (Phi) is 5.57. The summed E-state index contributed by atoms with van der Waals surface area (Å²) in [5.41, 5.74) is 2.36. The summed E-state index contributed by atoms with van der Waals surface area (Å²) in [5, 5.41) is 0.721. The molecule has 162 valence electrons. The first-order valence-corrected chi connectivity index (χ1v) is 10.8. The second-order valence-corrected chi connectivity index (χ2v) is 8.06. The van der Waals surface area contributed by atoms with E-state index in [1.807, 2.05) is 17.9 Å². The minimum absolute atomic E-state index is 0.0000736. The molecule has 2 saturated heterocycles. The Morgan fingerprint density at radius 2 is 1.74 bits per heavy atom. The number of carbonyl (C=O) groups excluding carboxylic acids is 1. The molecule has 0 spiro atoms. The first kappa shape index (κ1) is 20.0. The lowest BCUT2D eigenvalue weighted by atomic mass is 10.1. The van der Waals surface area contributed by atoms with Crippen LogP contribution >= 0.6 is 0 Å². The number of anilines is 1. The standard InChI is InChI=1S/C23H27N5O3/c1-17-19(20-21(24-16-25-22(20)31-17)27-11-13-30-14-12-27)23(29)28-9-7-26(8-10-28)15-18-5-3-2-4-6-18/h2-6,16H,7-15H2,1H3. The van der Waals surface area contributed by atoms with Crippen LogP contribution in [0.5, 0.6) is 0 Å².